The van der Waals surface area contributed by atoms with E-state index in [1.165, 1.54) is 44.5 Å². The van der Waals surface area contributed by atoms with Crippen LogP contribution in [0.2, 0.25) is 0 Å². The Morgan fingerprint density at radius 2 is 0.706 bits per heavy atom. The second-order valence-electron chi connectivity index (χ2n) is 9.66. The number of benzene rings is 4. The van der Waals surface area contributed by atoms with Gasteiger partial charge in [-0.3, -0.25) is 0 Å². The molecule has 34 heavy (non-hydrogen) atoms. The van der Waals surface area contributed by atoms with E-state index < -0.39 is 0 Å². The fourth-order valence-electron chi connectivity index (χ4n) is 6.65. The molecule has 10 rings (SSSR count). The van der Waals surface area contributed by atoms with E-state index in [4.69, 9.17) is 0 Å². The number of hydrogen-bond acceptors (Lipinski definition) is 2. The zero-order chi connectivity index (χ0) is 22.3. The predicted octanol–water partition coefficient (Wildman–Crippen LogP) is 8.29. The van der Waals surface area contributed by atoms with Gasteiger partial charge in [-0.05, 0) is 44.5 Å². The quantitative estimate of drug-likeness (QED) is 0.218. The molecule has 2 heteroatoms. The first-order valence-electron chi connectivity index (χ1n) is 11.9. The molecule has 4 aromatic rings. The lowest BCUT2D eigenvalue weighted by molar-refractivity contribution is 0.766. The molecule has 0 saturated carbocycles. The van der Waals surface area contributed by atoms with Crippen LogP contribution in [-0.2, 0) is 9.49 Å². The lowest BCUT2D eigenvalue weighted by Crippen LogP contribution is -2.36. The van der Waals surface area contributed by atoms with Gasteiger partial charge in [0.05, 0.1) is 9.49 Å². The average Bonchev–Trinajstić information content (AvgIpc) is 2.93. The van der Waals surface area contributed by atoms with Crippen LogP contribution < -0.4 is 0 Å². The van der Waals surface area contributed by atoms with Crippen LogP contribution in [0.1, 0.15) is 56.3 Å². The Hall–Kier alpha value is -2.94. The highest BCUT2D eigenvalue weighted by molar-refractivity contribution is 8.77. The van der Waals surface area contributed by atoms with Gasteiger partial charge in [-0.25, -0.2) is 0 Å². The summed E-state index contributed by atoms with van der Waals surface area (Å²) in [4.78, 5) is 0. The van der Waals surface area contributed by atoms with Crippen molar-refractivity contribution in [3.63, 3.8) is 0 Å². The van der Waals surface area contributed by atoms with Crippen LogP contribution in [0, 0.1) is 0 Å². The first-order chi connectivity index (χ1) is 16.8. The Morgan fingerprint density at radius 3 is 1.03 bits per heavy atom. The van der Waals surface area contributed by atoms with Gasteiger partial charge >= 0.3 is 0 Å². The van der Waals surface area contributed by atoms with Crippen LogP contribution >= 0.6 is 21.6 Å². The van der Waals surface area contributed by atoms with Crippen LogP contribution in [-0.4, -0.2) is 0 Å². The van der Waals surface area contributed by atoms with Crippen molar-refractivity contribution in [2.45, 2.75) is 21.3 Å². The minimum atomic E-state index is -0.187. The third-order valence-corrected chi connectivity index (χ3v) is 11.7. The number of hydrogen-bond donors (Lipinski definition) is 0. The van der Waals surface area contributed by atoms with Gasteiger partial charge in [0.1, 0.15) is 0 Å². The van der Waals surface area contributed by atoms with E-state index in [1.54, 1.807) is 0 Å². The predicted molar refractivity (Wildman–Crippen MR) is 144 cm³/mol. The first-order valence-corrected chi connectivity index (χ1v) is 14.1. The van der Waals surface area contributed by atoms with Gasteiger partial charge in [0, 0.05) is 11.8 Å². The Balaban J connectivity index is 1.32. The monoisotopic (exact) mass is 470 g/mol. The van der Waals surface area contributed by atoms with Crippen molar-refractivity contribution in [2.24, 2.45) is 0 Å². The molecule has 0 nitrogen and oxygen atoms in total. The molecule has 0 radical (unpaired) electrons. The van der Waals surface area contributed by atoms with Crippen LogP contribution in [0.3, 0.4) is 0 Å². The van der Waals surface area contributed by atoms with Gasteiger partial charge in [-0.15, -0.1) is 0 Å². The second kappa shape index (κ2) is 6.81. The van der Waals surface area contributed by atoms with Gasteiger partial charge in [0.2, 0.25) is 0 Å². The highest BCUT2D eigenvalue weighted by atomic mass is 33.1. The van der Waals surface area contributed by atoms with Gasteiger partial charge in [0.15, 0.2) is 0 Å². The molecule has 0 atom stereocenters. The summed E-state index contributed by atoms with van der Waals surface area (Å²) in [6, 6.07) is 36.3. The molecule has 162 valence electrons. The van der Waals surface area contributed by atoms with E-state index in [1.807, 2.05) is 21.6 Å². The summed E-state index contributed by atoms with van der Waals surface area (Å²) >= 11 is 0. The average molecular weight is 471 g/mol. The second-order valence-corrected chi connectivity index (χ2v) is 12.3. The Bertz CT molecular complexity index is 1330. The summed E-state index contributed by atoms with van der Waals surface area (Å²) in [5.41, 5.74) is 11.6. The van der Waals surface area contributed by atoms with E-state index >= 15 is 0 Å². The Kier molecular flexibility index (Phi) is 3.88. The fraction of sp³-hybridized carbons (Fsp3) is 0.125. The van der Waals surface area contributed by atoms with E-state index in [0.717, 1.165) is 0 Å². The molecular weight excluding hydrogens is 448 g/mol. The highest BCUT2D eigenvalue weighted by Gasteiger charge is 2.50. The summed E-state index contributed by atoms with van der Waals surface area (Å²) < 4.78 is -0.374. The number of rotatable bonds is 3. The summed E-state index contributed by atoms with van der Waals surface area (Å²) in [6.45, 7) is 0. The summed E-state index contributed by atoms with van der Waals surface area (Å²) in [5, 5.41) is 0. The van der Waals surface area contributed by atoms with Crippen molar-refractivity contribution >= 4 is 21.6 Å². The molecule has 0 N–H and O–H groups in total. The molecule has 0 aromatic heterocycles. The third kappa shape index (κ3) is 2.29. The van der Waals surface area contributed by atoms with Gasteiger partial charge < -0.3 is 0 Å². The van der Waals surface area contributed by atoms with Crippen LogP contribution in [0.25, 0.3) is 0 Å². The minimum Gasteiger partial charge on any atom is -0.0745 e. The Labute approximate surface area is 208 Å². The lowest BCUT2D eigenvalue weighted by atomic mass is 9.67. The fourth-order valence-corrected chi connectivity index (χ4v) is 10.5. The van der Waals surface area contributed by atoms with Crippen molar-refractivity contribution < 1.29 is 0 Å². The summed E-state index contributed by atoms with van der Waals surface area (Å²) in [5.74, 6) is 0.731. The van der Waals surface area contributed by atoms with Gasteiger partial charge in [-0.1, -0.05) is 143 Å². The van der Waals surface area contributed by atoms with Crippen LogP contribution in [0.15, 0.2) is 121 Å². The largest absolute Gasteiger partial charge is 0.0948 e. The molecule has 0 fully saturated rings. The third-order valence-electron chi connectivity index (χ3n) is 8.14. The normalized spacial score (nSPS) is 28.2. The zero-order valence-corrected chi connectivity index (χ0v) is 20.2. The van der Waals surface area contributed by atoms with E-state index in [2.05, 4.69) is 121 Å². The molecule has 0 amide bonds. The van der Waals surface area contributed by atoms with E-state index in [0.29, 0.717) is 11.8 Å². The molecule has 0 aliphatic heterocycles. The first kappa shape index (κ1) is 19.4. The molecule has 0 saturated heterocycles. The highest BCUT2D eigenvalue weighted by Crippen LogP contribution is 2.67. The van der Waals surface area contributed by atoms with Crippen molar-refractivity contribution in [3.8, 4) is 0 Å². The lowest BCUT2D eigenvalue weighted by Gasteiger charge is -2.48. The molecule has 0 spiro atoms. The van der Waals surface area contributed by atoms with Crippen molar-refractivity contribution in [1.82, 2.24) is 0 Å². The maximum Gasteiger partial charge on any atom is 0.0948 e. The minimum absolute atomic E-state index is 0.187. The molecule has 4 bridgehead atoms. The summed E-state index contributed by atoms with van der Waals surface area (Å²) in [6.07, 6.45) is 9.83. The molecule has 6 aliphatic rings. The van der Waals surface area contributed by atoms with Crippen molar-refractivity contribution in [3.05, 3.63) is 166 Å². The maximum absolute atomic E-state index is 2.48. The van der Waals surface area contributed by atoms with Gasteiger partial charge in [0.25, 0.3) is 0 Å². The molecule has 0 unspecified atom stereocenters. The SMILES string of the molecule is C1=CC2(SSC34C=CC(c5ccccc53)c3ccccc34)c3ccccc3C1c1ccccc12. The summed E-state index contributed by atoms with van der Waals surface area (Å²) in [7, 11) is 4.06. The zero-order valence-electron chi connectivity index (χ0n) is 18.5. The van der Waals surface area contributed by atoms with E-state index in [-0.39, 0.29) is 9.49 Å². The Morgan fingerprint density at radius 1 is 0.412 bits per heavy atom. The maximum atomic E-state index is 2.48. The molecule has 4 aromatic carbocycles. The molecule has 6 aliphatic carbocycles. The van der Waals surface area contributed by atoms with Crippen LogP contribution in [0.5, 0.6) is 0 Å². The topological polar surface area (TPSA) is 0 Å². The van der Waals surface area contributed by atoms with Crippen LogP contribution in [0.4, 0.5) is 0 Å². The van der Waals surface area contributed by atoms with E-state index in [9.17, 15) is 0 Å². The molecule has 0 heterocycles. The number of allylic oxidation sites excluding steroid dienone is 2. The smallest absolute Gasteiger partial charge is 0.0745 e. The van der Waals surface area contributed by atoms with Gasteiger partial charge in [-0.2, -0.15) is 0 Å². The standard InChI is InChI=1S/C32H22S2/c1-5-13-27-23(9-1)21-17-19-31(27,28-14-6-2-10-24(21)28)33-34-32-20-18-22(25-11-3-7-15-29(25)32)26-12-4-8-16-30(26)32/h1-22H. The van der Waals surface area contributed by atoms with Crippen molar-refractivity contribution in [1.29, 1.82) is 0 Å². The molecular formula is C32H22S2. The van der Waals surface area contributed by atoms with Crippen molar-refractivity contribution in [2.75, 3.05) is 0 Å².